The van der Waals surface area contributed by atoms with Gasteiger partial charge in [-0.15, -0.1) is 0 Å². The van der Waals surface area contributed by atoms with Crippen molar-refractivity contribution in [3.8, 4) is 0 Å². The summed E-state index contributed by atoms with van der Waals surface area (Å²) < 4.78 is 1.12. The van der Waals surface area contributed by atoms with Crippen LogP contribution >= 0.6 is 34.2 Å². The fourth-order valence-corrected chi connectivity index (χ4v) is 3.04. The van der Waals surface area contributed by atoms with E-state index in [1.54, 1.807) is 0 Å². The van der Waals surface area contributed by atoms with E-state index >= 15 is 0 Å². The first-order valence-electron chi connectivity index (χ1n) is 7.81. The molecule has 0 spiro atoms. The van der Waals surface area contributed by atoms with Crippen LogP contribution in [0.5, 0.6) is 0 Å². The summed E-state index contributed by atoms with van der Waals surface area (Å²) in [7, 11) is 2.04. The molecule has 1 aromatic carbocycles. The number of halogens is 2. The Balaban J connectivity index is 2.30. The standard InChI is InChI=1S/C17H27ClIN/c1-3-4-5-6-7-8-9-10-17(20-2)14-11-12-16(19)15(18)13-14/h11-13,17,20H,3-10H2,1-2H3. The van der Waals surface area contributed by atoms with E-state index in [0.29, 0.717) is 6.04 Å². The maximum absolute atomic E-state index is 6.21. The molecule has 0 heterocycles. The molecule has 1 nitrogen and oxygen atoms in total. The van der Waals surface area contributed by atoms with Gasteiger partial charge in [0.15, 0.2) is 0 Å². The van der Waals surface area contributed by atoms with Gasteiger partial charge < -0.3 is 5.32 Å². The first-order chi connectivity index (χ1) is 9.69. The van der Waals surface area contributed by atoms with Gasteiger partial charge in [0.25, 0.3) is 0 Å². The Morgan fingerprint density at radius 3 is 2.35 bits per heavy atom. The molecule has 3 heteroatoms. The minimum absolute atomic E-state index is 0.431. The number of hydrogen-bond donors (Lipinski definition) is 1. The summed E-state index contributed by atoms with van der Waals surface area (Å²) in [6.07, 6.45) is 10.7. The predicted molar refractivity (Wildman–Crippen MR) is 98.6 cm³/mol. The topological polar surface area (TPSA) is 12.0 Å². The molecule has 0 bridgehead atoms. The van der Waals surface area contributed by atoms with E-state index in [2.05, 4.69) is 53.0 Å². The van der Waals surface area contributed by atoms with Crippen molar-refractivity contribution in [2.45, 2.75) is 64.3 Å². The van der Waals surface area contributed by atoms with E-state index in [9.17, 15) is 0 Å². The van der Waals surface area contributed by atoms with E-state index < -0.39 is 0 Å². The van der Waals surface area contributed by atoms with E-state index in [1.165, 1.54) is 56.9 Å². The molecule has 0 aliphatic carbocycles. The third-order valence-corrected chi connectivity index (χ3v) is 5.36. The van der Waals surface area contributed by atoms with Crippen molar-refractivity contribution in [2.75, 3.05) is 7.05 Å². The van der Waals surface area contributed by atoms with Crippen LogP contribution in [0.2, 0.25) is 5.02 Å². The molecule has 114 valence electrons. The average Bonchev–Trinajstić information content (AvgIpc) is 2.45. The molecule has 1 aromatic rings. The Morgan fingerprint density at radius 1 is 1.10 bits per heavy atom. The normalized spacial score (nSPS) is 12.6. The average molecular weight is 408 g/mol. The van der Waals surface area contributed by atoms with Crippen molar-refractivity contribution < 1.29 is 0 Å². The lowest BCUT2D eigenvalue weighted by Gasteiger charge is -2.17. The Labute approximate surface area is 143 Å². The molecule has 0 aliphatic rings. The van der Waals surface area contributed by atoms with Crippen LogP contribution in [0.25, 0.3) is 0 Å². The lowest BCUT2D eigenvalue weighted by molar-refractivity contribution is 0.496. The van der Waals surface area contributed by atoms with Gasteiger partial charge in [0.2, 0.25) is 0 Å². The Kier molecular flexibility index (Phi) is 9.91. The number of benzene rings is 1. The van der Waals surface area contributed by atoms with Crippen molar-refractivity contribution in [3.05, 3.63) is 32.4 Å². The van der Waals surface area contributed by atoms with Crippen LogP contribution in [-0.2, 0) is 0 Å². The molecule has 0 saturated heterocycles. The third-order valence-electron chi connectivity index (χ3n) is 3.79. The second-order valence-electron chi connectivity index (χ2n) is 5.42. The molecule has 1 atom stereocenters. The Morgan fingerprint density at radius 2 is 1.75 bits per heavy atom. The minimum Gasteiger partial charge on any atom is -0.313 e. The lowest BCUT2D eigenvalue weighted by Crippen LogP contribution is -2.16. The van der Waals surface area contributed by atoms with Gasteiger partial charge in [0, 0.05) is 9.61 Å². The van der Waals surface area contributed by atoms with Gasteiger partial charge in [0.1, 0.15) is 0 Å². The predicted octanol–water partition coefficient (Wildman–Crippen LogP) is 6.35. The van der Waals surface area contributed by atoms with Crippen LogP contribution in [0.3, 0.4) is 0 Å². The zero-order chi connectivity index (χ0) is 14.8. The van der Waals surface area contributed by atoms with Gasteiger partial charge in [-0.1, -0.05) is 69.5 Å². The monoisotopic (exact) mass is 407 g/mol. The van der Waals surface area contributed by atoms with Crippen LogP contribution in [0.4, 0.5) is 0 Å². The maximum Gasteiger partial charge on any atom is 0.0542 e. The van der Waals surface area contributed by atoms with E-state index in [1.807, 2.05) is 7.05 Å². The van der Waals surface area contributed by atoms with Crippen LogP contribution < -0.4 is 5.32 Å². The van der Waals surface area contributed by atoms with Crippen LogP contribution in [0.1, 0.15) is 69.9 Å². The molecule has 0 amide bonds. The molecular formula is C17H27ClIN. The lowest BCUT2D eigenvalue weighted by atomic mass is 9.99. The summed E-state index contributed by atoms with van der Waals surface area (Å²) in [4.78, 5) is 0. The number of hydrogen-bond acceptors (Lipinski definition) is 1. The summed E-state index contributed by atoms with van der Waals surface area (Å²) in [6, 6.07) is 6.83. The smallest absolute Gasteiger partial charge is 0.0542 e. The van der Waals surface area contributed by atoms with Gasteiger partial charge in [-0.05, 0) is 53.8 Å². The molecule has 1 unspecified atom stereocenters. The minimum atomic E-state index is 0.431. The Hall–Kier alpha value is 0.200. The zero-order valence-corrected chi connectivity index (χ0v) is 15.6. The largest absolute Gasteiger partial charge is 0.313 e. The molecule has 0 fully saturated rings. The van der Waals surface area contributed by atoms with Crippen molar-refractivity contribution in [1.82, 2.24) is 5.32 Å². The molecule has 1 N–H and O–H groups in total. The number of rotatable bonds is 10. The molecule has 0 aromatic heterocycles. The fraction of sp³-hybridized carbons (Fsp3) is 0.647. The summed E-state index contributed by atoms with van der Waals surface area (Å²) in [5.41, 5.74) is 1.31. The third kappa shape index (κ3) is 6.77. The SMILES string of the molecule is CCCCCCCCCC(NC)c1ccc(I)c(Cl)c1. The highest BCUT2D eigenvalue weighted by Crippen LogP contribution is 2.26. The van der Waals surface area contributed by atoms with E-state index in [4.69, 9.17) is 11.6 Å². The van der Waals surface area contributed by atoms with Crippen molar-refractivity contribution in [3.63, 3.8) is 0 Å². The Bertz CT molecular complexity index is 381. The fourth-order valence-electron chi connectivity index (χ4n) is 2.51. The number of unbranched alkanes of at least 4 members (excludes halogenated alkanes) is 6. The van der Waals surface area contributed by atoms with E-state index in [0.717, 1.165) is 8.59 Å². The van der Waals surface area contributed by atoms with Gasteiger partial charge in [-0.25, -0.2) is 0 Å². The number of nitrogens with one attached hydrogen (secondary N) is 1. The summed E-state index contributed by atoms with van der Waals surface area (Å²) in [5.74, 6) is 0. The van der Waals surface area contributed by atoms with Crippen LogP contribution in [0.15, 0.2) is 18.2 Å². The van der Waals surface area contributed by atoms with Crippen molar-refractivity contribution >= 4 is 34.2 Å². The first-order valence-corrected chi connectivity index (χ1v) is 9.27. The molecule has 0 radical (unpaired) electrons. The molecule has 0 saturated carbocycles. The second-order valence-corrected chi connectivity index (χ2v) is 6.99. The van der Waals surface area contributed by atoms with Gasteiger partial charge in [-0.3, -0.25) is 0 Å². The highest BCUT2D eigenvalue weighted by Gasteiger charge is 2.10. The van der Waals surface area contributed by atoms with Gasteiger partial charge in [-0.2, -0.15) is 0 Å². The summed E-state index contributed by atoms with van der Waals surface area (Å²) in [5, 5.41) is 4.28. The zero-order valence-electron chi connectivity index (χ0n) is 12.7. The highest BCUT2D eigenvalue weighted by atomic mass is 127. The molecule has 20 heavy (non-hydrogen) atoms. The quantitative estimate of drug-likeness (QED) is 0.352. The van der Waals surface area contributed by atoms with Gasteiger partial charge in [0.05, 0.1) is 5.02 Å². The summed E-state index contributed by atoms with van der Waals surface area (Å²) in [6.45, 7) is 2.27. The highest BCUT2D eigenvalue weighted by molar-refractivity contribution is 14.1. The molecular weight excluding hydrogens is 381 g/mol. The van der Waals surface area contributed by atoms with E-state index in [-0.39, 0.29) is 0 Å². The second kappa shape index (κ2) is 10.9. The van der Waals surface area contributed by atoms with Crippen LogP contribution in [0, 0.1) is 3.57 Å². The molecule has 1 rings (SSSR count). The van der Waals surface area contributed by atoms with Crippen molar-refractivity contribution in [2.24, 2.45) is 0 Å². The summed E-state index contributed by atoms with van der Waals surface area (Å²) >= 11 is 8.49. The maximum atomic E-state index is 6.21. The van der Waals surface area contributed by atoms with Crippen molar-refractivity contribution in [1.29, 1.82) is 0 Å². The van der Waals surface area contributed by atoms with Crippen LogP contribution in [-0.4, -0.2) is 7.05 Å². The van der Waals surface area contributed by atoms with Gasteiger partial charge >= 0.3 is 0 Å². The molecule has 0 aliphatic heterocycles. The first kappa shape index (κ1) is 18.2.